The average Bonchev–Trinajstić information content (AvgIpc) is 3.19. The van der Waals surface area contributed by atoms with E-state index in [0.29, 0.717) is 21.6 Å². The number of aromatic nitrogens is 3. The predicted octanol–water partition coefficient (Wildman–Crippen LogP) is 7.36. The topological polar surface area (TPSA) is 83.1 Å². The first kappa shape index (κ1) is 26.2. The molecule has 0 aliphatic carbocycles. The van der Waals surface area contributed by atoms with E-state index in [1.807, 2.05) is 12.1 Å². The van der Waals surface area contributed by atoms with E-state index in [1.54, 1.807) is 47.9 Å². The molecule has 0 unspecified atom stereocenters. The molecule has 36 heavy (non-hydrogen) atoms. The minimum absolute atomic E-state index is 0.121. The van der Waals surface area contributed by atoms with Gasteiger partial charge in [0.05, 0.1) is 10.0 Å². The Bertz CT molecular complexity index is 1360. The number of aryl methyl sites for hydroxylation is 1. The fourth-order valence-electron chi connectivity index (χ4n) is 3.42. The number of benzene rings is 3. The van der Waals surface area contributed by atoms with Gasteiger partial charge < -0.3 is 4.74 Å². The molecule has 12 heteroatoms. The summed E-state index contributed by atoms with van der Waals surface area (Å²) in [5.41, 5.74) is 2.03. The number of thioether (sulfide) groups is 1. The molecule has 0 fully saturated rings. The van der Waals surface area contributed by atoms with Crippen molar-refractivity contribution in [2.45, 2.75) is 23.9 Å². The van der Waals surface area contributed by atoms with Crippen molar-refractivity contribution >= 4 is 46.6 Å². The van der Waals surface area contributed by atoms with Crippen molar-refractivity contribution in [1.29, 1.82) is 0 Å². The third kappa shape index (κ3) is 6.28. The number of nitrogens with zero attached hydrogens (tertiary/aromatic N) is 4. The second kappa shape index (κ2) is 11.5. The third-order valence-electron chi connectivity index (χ3n) is 5.13. The van der Waals surface area contributed by atoms with Gasteiger partial charge in [0.1, 0.15) is 23.5 Å². The Kier molecular flexibility index (Phi) is 8.35. The minimum atomic E-state index is -0.671. The summed E-state index contributed by atoms with van der Waals surface area (Å²) in [6, 6.07) is 16.1. The van der Waals surface area contributed by atoms with Gasteiger partial charge in [-0.25, -0.2) is 4.39 Å². The van der Waals surface area contributed by atoms with Crippen LogP contribution in [0.3, 0.4) is 0 Å². The summed E-state index contributed by atoms with van der Waals surface area (Å²) in [4.78, 5) is 11.1. The van der Waals surface area contributed by atoms with Crippen LogP contribution in [0.2, 0.25) is 15.1 Å². The van der Waals surface area contributed by atoms with Crippen LogP contribution in [0.1, 0.15) is 22.2 Å². The molecule has 0 aliphatic heterocycles. The standard InChI is InChI=1S/C24H18Cl3FN4O3S/c1-14-29-30-24(32(14)19-8-4-17(25)5-9-19)36-22(12-31(33)34)16-10-20(26)23(21(27)11-16)35-13-15-2-6-18(28)7-3-15/h2-11,22H,12-13H2,1H3/t22-/m1/s1. The van der Waals surface area contributed by atoms with Crippen LogP contribution in [0, 0.1) is 22.9 Å². The molecule has 1 heterocycles. The molecule has 4 aromatic rings. The second-order valence-corrected chi connectivity index (χ2v) is 10.1. The summed E-state index contributed by atoms with van der Waals surface area (Å²) in [5.74, 6) is 0.493. The van der Waals surface area contributed by atoms with Crippen LogP contribution >= 0.6 is 46.6 Å². The van der Waals surface area contributed by atoms with Crippen molar-refractivity contribution < 1.29 is 14.1 Å². The van der Waals surface area contributed by atoms with Gasteiger partial charge in [0.25, 0.3) is 0 Å². The fraction of sp³-hybridized carbons (Fsp3) is 0.167. The molecule has 0 spiro atoms. The minimum Gasteiger partial charge on any atom is -0.486 e. The Morgan fingerprint density at radius 2 is 1.69 bits per heavy atom. The van der Waals surface area contributed by atoms with E-state index in [1.165, 1.54) is 23.9 Å². The van der Waals surface area contributed by atoms with Gasteiger partial charge in [0.2, 0.25) is 6.54 Å². The van der Waals surface area contributed by atoms with E-state index in [0.717, 1.165) is 11.3 Å². The Morgan fingerprint density at radius 3 is 2.31 bits per heavy atom. The van der Waals surface area contributed by atoms with Crippen LogP contribution in [-0.4, -0.2) is 26.2 Å². The van der Waals surface area contributed by atoms with Crippen molar-refractivity contribution in [3.8, 4) is 11.4 Å². The third-order valence-corrected chi connectivity index (χ3v) is 7.13. The van der Waals surface area contributed by atoms with Gasteiger partial charge in [-0.2, -0.15) is 0 Å². The number of hydrogen-bond donors (Lipinski definition) is 0. The molecule has 0 aliphatic rings. The first-order valence-electron chi connectivity index (χ1n) is 10.5. The first-order valence-corrected chi connectivity index (χ1v) is 12.5. The van der Waals surface area contributed by atoms with E-state index in [9.17, 15) is 14.5 Å². The second-order valence-electron chi connectivity index (χ2n) is 7.69. The van der Waals surface area contributed by atoms with Gasteiger partial charge in [-0.1, -0.05) is 58.7 Å². The van der Waals surface area contributed by atoms with Crippen LogP contribution in [0.5, 0.6) is 5.75 Å². The van der Waals surface area contributed by atoms with Crippen molar-refractivity contribution in [2.24, 2.45) is 0 Å². The molecule has 0 bridgehead atoms. The highest BCUT2D eigenvalue weighted by Crippen LogP contribution is 2.42. The maximum absolute atomic E-state index is 13.1. The van der Waals surface area contributed by atoms with E-state index in [-0.39, 0.29) is 28.2 Å². The molecule has 0 saturated heterocycles. The summed E-state index contributed by atoms with van der Waals surface area (Å²) in [6.07, 6.45) is 0. The summed E-state index contributed by atoms with van der Waals surface area (Å²) in [6.45, 7) is 1.50. The fourth-order valence-corrected chi connectivity index (χ4v) is 5.31. The molecule has 0 N–H and O–H groups in total. The largest absolute Gasteiger partial charge is 0.486 e. The maximum atomic E-state index is 13.1. The van der Waals surface area contributed by atoms with Gasteiger partial charge in [-0.3, -0.25) is 14.7 Å². The summed E-state index contributed by atoms with van der Waals surface area (Å²) >= 11 is 20.1. The molecule has 7 nitrogen and oxygen atoms in total. The monoisotopic (exact) mass is 566 g/mol. The zero-order chi connectivity index (χ0) is 25.8. The van der Waals surface area contributed by atoms with Gasteiger partial charge in [-0.15, -0.1) is 10.2 Å². The van der Waals surface area contributed by atoms with Crippen molar-refractivity contribution in [2.75, 3.05) is 6.54 Å². The van der Waals surface area contributed by atoms with Crippen molar-refractivity contribution in [3.05, 3.63) is 109 Å². The summed E-state index contributed by atoms with van der Waals surface area (Å²) < 4.78 is 20.7. The van der Waals surface area contributed by atoms with Gasteiger partial charge >= 0.3 is 0 Å². The van der Waals surface area contributed by atoms with E-state index in [4.69, 9.17) is 39.5 Å². The Balaban J connectivity index is 1.61. The molecule has 0 amide bonds. The van der Waals surface area contributed by atoms with Gasteiger partial charge in [0.15, 0.2) is 10.9 Å². The number of ether oxygens (including phenoxy) is 1. The molecule has 0 saturated carbocycles. The van der Waals surface area contributed by atoms with Crippen LogP contribution < -0.4 is 4.74 Å². The predicted molar refractivity (Wildman–Crippen MR) is 139 cm³/mol. The Labute approximate surface area is 225 Å². The molecular formula is C24H18Cl3FN4O3S. The average molecular weight is 568 g/mol. The zero-order valence-corrected chi connectivity index (χ0v) is 21.8. The number of rotatable bonds is 9. The lowest BCUT2D eigenvalue weighted by molar-refractivity contribution is -0.479. The maximum Gasteiger partial charge on any atom is 0.220 e. The molecule has 0 radical (unpaired) electrons. The Hall–Kier alpha value is -2.85. The molecule has 3 aromatic carbocycles. The highest BCUT2D eigenvalue weighted by molar-refractivity contribution is 7.99. The van der Waals surface area contributed by atoms with Crippen molar-refractivity contribution in [3.63, 3.8) is 0 Å². The number of nitro groups is 1. The van der Waals surface area contributed by atoms with E-state index >= 15 is 0 Å². The Morgan fingerprint density at radius 1 is 1.06 bits per heavy atom. The number of hydrogen-bond acceptors (Lipinski definition) is 6. The van der Waals surface area contributed by atoms with Gasteiger partial charge in [-0.05, 0) is 66.6 Å². The first-order chi connectivity index (χ1) is 17.2. The summed E-state index contributed by atoms with van der Waals surface area (Å²) in [5, 5.41) is 20.6. The highest BCUT2D eigenvalue weighted by Gasteiger charge is 2.26. The smallest absolute Gasteiger partial charge is 0.220 e. The lowest BCUT2D eigenvalue weighted by Gasteiger charge is -2.17. The SMILES string of the molecule is Cc1nnc(S[C@H](C[N+](=O)[O-])c2cc(Cl)c(OCc3ccc(F)cc3)c(Cl)c2)n1-c1ccc(Cl)cc1. The lowest BCUT2D eigenvalue weighted by atomic mass is 10.1. The molecule has 186 valence electrons. The van der Waals surface area contributed by atoms with Crippen LogP contribution in [-0.2, 0) is 6.61 Å². The molecular weight excluding hydrogens is 550 g/mol. The van der Waals surface area contributed by atoms with Crippen LogP contribution in [0.4, 0.5) is 4.39 Å². The van der Waals surface area contributed by atoms with Crippen LogP contribution in [0.25, 0.3) is 5.69 Å². The number of halogens is 4. The quantitative estimate of drug-likeness (QED) is 0.119. The summed E-state index contributed by atoms with van der Waals surface area (Å²) in [7, 11) is 0. The molecule has 1 aromatic heterocycles. The highest BCUT2D eigenvalue weighted by atomic mass is 35.5. The van der Waals surface area contributed by atoms with E-state index in [2.05, 4.69) is 10.2 Å². The van der Waals surface area contributed by atoms with Gasteiger partial charge in [0, 0.05) is 15.6 Å². The van der Waals surface area contributed by atoms with Crippen molar-refractivity contribution in [1.82, 2.24) is 14.8 Å². The lowest BCUT2D eigenvalue weighted by Crippen LogP contribution is -2.11. The zero-order valence-electron chi connectivity index (χ0n) is 18.7. The molecule has 4 rings (SSSR count). The van der Waals surface area contributed by atoms with E-state index < -0.39 is 16.7 Å². The molecule has 1 atom stereocenters. The van der Waals surface area contributed by atoms with Crippen LogP contribution in [0.15, 0.2) is 65.8 Å². The normalized spacial score (nSPS) is 11.9.